The van der Waals surface area contributed by atoms with Gasteiger partial charge in [-0.1, -0.05) is 37.9 Å². The molecule has 0 aromatic carbocycles. The summed E-state index contributed by atoms with van der Waals surface area (Å²) in [6, 6.07) is 1.76. The van der Waals surface area contributed by atoms with Crippen LogP contribution in [0, 0.1) is 46.8 Å². The van der Waals surface area contributed by atoms with Crippen molar-refractivity contribution in [2.45, 2.75) is 78.2 Å². The van der Waals surface area contributed by atoms with Crippen LogP contribution in [0.25, 0.3) is 11.2 Å². The lowest BCUT2D eigenvalue weighted by atomic mass is 9.49. The minimum atomic E-state index is 0.142. The van der Waals surface area contributed by atoms with E-state index in [2.05, 4.69) is 35.6 Å². The third kappa shape index (κ3) is 4.87. The molecule has 2 aromatic rings. The molecule has 196 valence electrons. The van der Waals surface area contributed by atoms with Gasteiger partial charge in [-0.2, -0.15) is 9.90 Å². The van der Waals surface area contributed by atoms with Crippen molar-refractivity contribution in [3.8, 4) is 0 Å². The highest BCUT2D eigenvalue weighted by molar-refractivity contribution is 6.30. The molecular weight excluding hydrogens is 491 g/mol. The van der Waals surface area contributed by atoms with Gasteiger partial charge in [0.2, 0.25) is 5.65 Å². The predicted octanol–water partition coefficient (Wildman–Crippen LogP) is 7.36. The van der Waals surface area contributed by atoms with Crippen LogP contribution in [0.2, 0.25) is 5.02 Å². The van der Waals surface area contributed by atoms with Crippen molar-refractivity contribution < 1.29 is 4.79 Å². The van der Waals surface area contributed by atoms with Gasteiger partial charge < -0.3 is 0 Å². The molecule has 8 unspecified atom stereocenters. The normalized spacial score (nSPS) is 37.3. The molecule has 4 fully saturated rings. The number of hydrogen-bond donors (Lipinski definition) is 0. The largest absolute Gasteiger partial charge is 0.297 e. The number of allylic oxidation sites excluding steroid dienone is 1. The number of Topliss-reactive ketones (excluding diaryl/α,β-unsaturated/α-hetero) is 1. The number of carbonyl (C=O) groups is 1. The van der Waals surface area contributed by atoms with Crippen LogP contribution in [0.1, 0.15) is 71.6 Å². The van der Waals surface area contributed by atoms with E-state index < -0.39 is 0 Å². The highest BCUT2D eigenvalue weighted by Crippen LogP contribution is 2.64. The first-order valence-electron chi connectivity index (χ1n) is 13.9. The van der Waals surface area contributed by atoms with Gasteiger partial charge in [-0.05, 0) is 98.4 Å². The zero-order chi connectivity index (χ0) is 25.4. The molecule has 0 amide bonds. The highest BCUT2D eigenvalue weighted by atomic mass is 35.5. The second-order valence-electron chi connectivity index (χ2n) is 12.2. The maximum atomic E-state index is 13.5. The number of halogens is 2. The van der Waals surface area contributed by atoms with Crippen LogP contribution in [0.3, 0.4) is 0 Å². The Morgan fingerprint density at radius 1 is 1.14 bits per heavy atom. The second kappa shape index (κ2) is 10.7. The molecule has 5 nitrogen and oxygen atoms in total. The first-order valence-corrected chi connectivity index (χ1v) is 14.8. The van der Waals surface area contributed by atoms with Gasteiger partial charge in [0.1, 0.15) is 12.1 Å². The molecule has 2 heterocycles. The van der Waals surface area contributed by atoms with Crippen molar-refractivity contribution >= 4 is 40.1 Å². The van der Waals surface area contributed by atoms with E-state index in [1.165, 1.54) is 56.2 Å². The molecule has 0 N–H and O–H groups in total. The minimum absolute atomic E-state index is 0.142. The topological polar surface area (TPSA) is 60.7 Å². The predicted molar refractivity (Wildman–Crippen MR) is 146 cm³/mol. The van der Waals surface area contributed by atoms with Gasteiger partial charge in [0.15, 0.2) is 5.78 Å². The molecule has 0 bridgehead atoms. The van der Waals surface area contributed by atoms with Crippen LogP contribution >= 0.6 is 23.2 Å². The lowest BCUT2D eigenvalue weighted by Crippen LogP contribution is -2.49. The van der Waals surface area contributed by atoms with Crippen molar-refractivity contribution in [3.05, 3.63) is 29.9 Å². The standard InChI is InChI=1S/C26H35ClN4O.C3H5Cl/c1-15-3-5-18-16(11-15)4-6-20-19(18)9-10-26(2)21(20)7-8-22(26)24(32)14-31-29-23-12-17(27)13-28-25(23)30-31;1-2-3-4/h12-13,15-16,18-22H,3-11,14H2,1-2H3;2H,1,3H2. The fourth-order valence-corrected chi connectivity index (χ4v) is 8.92. The Morgan fingerprint density at radius 3 is 2.69 bits per heavy atom. The van der Waals surface area contributed by atoms with Crippen molar-refractivity contribution in [2.75, 3.05) is 5.88 Å². The number of carbonyl (C=O) groups excluding carboxylic acids is 1. The molecular formula is C29H40Cl2N4O. The molecule has 0 radical (unpaired) electrons. The van der Waals surface area contributed by atoms with Gasteiger partial charge in [-0.25, -0.2) is 4.98 Å². The van der Waals surface area contributed by atoms with Crippen LogP contribution in [-0.2, 0) is 11.3 Å². The summed E-state index contributed by atoms with van der Waals surface area (Å²) in [6.45, 7) is 8.49. The Kier molecular flexibility index (Phi) is 7.79. The van der Waals surface area contributed by atoms with E-state index in [0.29, 0.717) is 27.8 Å². The summed E-state index contributed by atoms with van der Waals surface area (Å²) in [5, 5.41) is 9.43. The molecule has 8 atom stereocenters. The molecule has 7 heteroatoms. The molecule has 4 aliphatic carbocycles. The van der Waals surface area contributed by atoms with Gasteiger partial charge in [0, 0.05) is 18.0 Å². The molecule has 0 saturated heterocycles. The van der Waals surface area contributed by atoms with Gasteiger partial charge in [0.25, 0.3) is 0 Å². The Bertz CT molecular complexity index is 1100. The zero-order valence-electron chi connectivity index (χ0n) is 21.7. The second-order valence-corrected chi connectivity index (χ2v) is 12.9. The third-order valence-electron chi connectivity index (χ3n) is 10.3. The number of nitrogens with zero attached hydrogens (tertiary/aromatic N) is 4. The Hall–Kier alpha value is -1.46. The fraction of sp³-hybridized carbons (Fsp3) is 0.724. The maximum absolute atomic E-state index is 13.5. The quantitative estimate of drug-likeness (QED) is 0.305. The summed E-state index contributed by atoms with van der Waals surface area (Å²) in [5.74, 6) is 6.35. The van der Waals surface area contributed by atoms with Gasteiger partial charge in [-0.15, -0.1) is 23.3 Å². The Labute approximate surface area is 225 Å². The first kappa shape index (κ1) is 26.2. The van der Waals surface area contributed by atoms with Crippen LogP contribution in [-0.4, -0.2) is 31.6 Å². The van der Waals surface area contributed by atoms with Crippen LogP contribution in [0.15, 0.2) is 24.9 Å². The monoisotopic (exact) mass is 530 g/mol. The summed E-state index contributed by atoms with van der Waals surface area (Å²) < 4.78 is 0. The number of rotatable bonds is 4. The molecule has 4 aliphatic rings. The van der Waals surface area contributed by atoms with E-state index in [1.807, 2.05) is 0 Å². The maximum Gasteiger partial charge on any atom is 0.201 e. The van der Waals surface area contributed by atoms with Crippen molar-refractivity contribution in [3.63, 3.8) is 0 Å². The molecule has 36 heavy (non-hydrogen) atoms. The molecule has 0 spiro atoms. The smallest absolute Gasteiger partial charge is 0.201 e. The van der Waals surface area contributed by atoms with E-state index in [9.17, 15) is 4.79 Å². The van der Waals surface area contributed by atoms with Crippen LogP contribution in [0.5, 0.6) is 0 Å². The van der Waals surface area contributed by atoms with Gasteiger partial charge in [0.05, 0.1) is 5.02 Å². The number of ketones is 1. The number of fused-ring (bicyclic) bond motifs is 6. The summed E-state index contributed by atoms with van der Waals surface area (Å²) in [7, 11) is 0. The highest BCUT2D eigenvalue weighted by Gasteiger charge is 2.58. The average Bonchev–Trinajstić information content (AvgIpc) is 3.43. The Balaban J connectivity index is 0.000000623. The number of aromatic nitrogens is 4. The summed E-state index contributed by atoms with van der Waals surface area (Å²) in [5.41, 5.74) is 1.36. The fourth-order valence-electron chi connectivity index (χ4n) is 8.77. The molecule has 0 aliphatic heterocycles. The van der Waals surface area contributed by atoms with E-state index >= 15 is 0 Å². The first-order chi connectivity index (χ1) is 17.3. The van der Waals surface area contributed by atoms with Crippen LogP contribution < -0.4 is 0 Å². The number of hydrogen-bond acceptors (Lipinski definition) is 4. The van der Waals surface area contributed by atoms with Gasteiger partial charge >= 0.3 is 0 Å². The van der Waals surface area contributed by atoms with Crippen molar-refractivity contribution in [1.82, 2.24) is 20.0 Å². The van der Waals surface area contributed by atoms with Gasteiger partial charge in [-0.3, -0.25) is 4.79 Å². The summed E-state index contributed by atoms with van der Waals surface area (Å²) in [6.07, 6.45) is 15.2. The lowest BCUT2D eigenvalue weighted by molar-refractivity contribution is -0.131. The van der Waals surface area contributed by atoms with E-state index in [-0.39, 0.29) is 17.9 Å². The van der Waals surface area contributed by atoms with E-state index in [1.54, 1.807) is 18.3 Å². The molecule has 4 saturated carbocycles. The summed E-state index contributed by atoms with van der Waals surface area (Å²) in [4.78, 5) is 19.3. The number of pyridine rings is 1. The number of alkyl halides is 1. The SMILES string of the molecule is C=CCCl.CC1CCC2C(CCC3C2CCC2(C)C(C(=O)Cn4nc5cc(Cl)cnc5n4)CCC32)C1. The Morgan fingerprint density at radius 2 is 1.92 bits per heavy atom. The van der Waals surface area contributed by atoms with E-state index in [0.717, 1.165) is 41.9 Å². The average molecular weight is 532 g/mol. The van der Waals surface area contributed by atoms with E-state index in [4.69, 9.17) is 23.2 Å². The third-order valence-corrected chi connectivity index (χ3v) is 10.7. The minimum Gasteiger partial charge on any atom is -0.297 e. The molecule has 6 rings (SSSR count). The molecule has 2 aromatic heterocycles. The zero-order valence-corrected chi connectivity index (χ0v) is 23.2. The van der Waals surface area contributed by atoms with Crippen molar-refractivity contribution in [1.29, 1.82) is 0 Å². The van der Waals surface area contributed by atoms with Crippen molar-refractivity contribution in [2.24, 2.45) is 46.8 Å². The van der Waals surface area contributed by atoms with Crippen LogP contribution in [0.4, 0.5) is 0 Å². The summed E-state index contributed by atoms with van der Waals surface area (Å²) >= 11 is 11.1. The lowest BCUT2D eigenvalue weighted by Gasteiger charge is -2.56.